The fraction of sp³-hybridized carbons (Fsp3) is 0.625. The summed E-state index contributed by atoms with van der Waals surface area (Å²) in [5.74, 6) is 0.611. The van der Waals surface area contributed by atoms with Gasteiger partial charge < -0.3 is 4.90 Å². The number of thioether (sulfide) groups is 1. The Labute approximate surface area is 93.8 Å². The Hall–Kier alpha value is 0.140. The highest BCUT2D eigenvalue weighted by molar-refractivity contribution is 8.17. The number of fused-ring (bicyclic) bond motifs is 1. The van der Waals surface area contributed by atoms with Crippen molar-refractivity contribution in [2.24, 2.45) is 4.99 Å². The summed E-state index contributed by atoms with van der Waals surface area (Å²) < 4.78 is 0. The quantitative estimate of drug-likeness (QED) is 0.654. The molecule has 0 fully saturated rings. The smallest absolute Gasteiger partial charge is 0.167 e. The van der Waals surface area contributed by atoms with E-state index in [0.717, 1.165) is 18.3 Å². The van der Waals surface area contributed by atoms with E-state index in [1.807, 2.05) is 0 Å². The topological polar surface area (TPSA) is 15.6 Å². The van der Waals surface area contributed by atoms with Crippen LogP contribution >= 0.6 is 35.8 Å². The number of rotatable bonds is 1. The lowest BCUT2D eigenvalue weighted by atomic mass is 10.3. The van der Waals surface area contributed by atoms with Crippen LogP contribution in [0.2, 0.25) is 0 Å². The average molecular weight is 239 g/mol. The highest BCUT2D eigenvalue weighted by Crippen LogP contribution is 2.30. The minimum atomic E-state index is 0. The maximum absolute atomic E-state index is 5.74. The maximum Gasteiger partial charge on any atom is 0.167 e. The molecular formula is C8H12Cl2N2S. The lowest BCUT2D eigenvalue weighted by molar-refractivity contribution is 0.550. The van der Waals surface area contributed by atoms with Crippen molar-refractivity contribution in [3.63, 3.8) is 0 Å². The lowest BCUT2D eigenvalue weighted by Crippen LogP contribution is -2.18. The second kappa shape index (κ2) is 5.13. The molecule has 0 radical (unpaired) electrons. The van der Waals surface area contributed by atoms with Crippen molar-refractivity contribution in [1.29, 1.82) is 0 Å². The van der Waals surface area contributed by atoms with E-state index in [9.17, 15) is 0 Å². The molecular weight excluding hydrogens is 227 g/mol. The van der Waals surface area contributed by atoms with Gasteiger partial charge in [0.1, 0.15) is 0 Å². The number of halogens is 2. The molecule has 2 rings (SSSR count). The van der Waals surface area contributed by atoms with Crippen LogP contribution in [-0.4, -0.2) is 29.0 Å². The summed E-state index contributed by atoms with van der Waals surface area (Å²) in [5, 5.41) is 1.14. The molecule has 0 aliphatic carbocycles. The first-order chi connectivity index (χ1) is 5.90. The number of aliphatic imine (C=N–C) groups is 1. The molecule has 0 aromatic carbocycles. The van der Waals surface area contributed by atoms with Crippen molar-refractivity contribution in [2.45, 2.75) is 12.8 Å². The highest BCUT2D eigenvalue weighted by Gasteiger charge is 2.20. The van der Waals surface area contributed by atoms with Gasteiger partial charge in [0.2, 0.25) is 0 Å². The summed E-state index contributed by atoms with van der Waals surface area (Å²) in [6.45, 7) is 2.08. The molecule has 2 nitrogen and oxygen atoms in total. The Morgan fingerprint density at radius 1 is 1.54 bits per heavy atom. The van der Waals surface area contributed by atoms with E-state index in [4.69, 9.17) is 11.6 Å². The molecule has 0 saturated carbocycles. The van der Waals surface area contributed by atoms with E-state index in [1.165, 1.54) is 17.7 Å². The highest BCUT2D eigenvalue weighted by atomic mass is 35.5. The normalized spacial score (nSPS) is 21.2. The zero-order valence-electron chi connectivity index (χ0n) is 7.20. The first kappa shape index (κ1) is 11.2. The fourth-order valence-corrected chi connectivity index (χ4v) is 2.46. The third-order valence-corrected chi connectivity index (χ3v) is 3.46. The van der Waals surface area contributed by atoms with Crippen LogP contribution in [0.1, 0.15) is 12.8 Å². The van der Waals surface area contributed by atoms with Crippen LogP contribution in [0, 0.1) is 0 Å². The zero-order chi connectivity index (χ0) is 8.39. The fourth-order valence-electron chi connectivity index (χ4n) is 1.34. The summed E-state index contributed by atoms with van der Waals surface area (Å²) in [7, 11) is 0. The van der Waals surface area contributed by atoms with Crippen LogP contribution in [0.4, 0.5) is 0 Å². The van der Waals surface area contributed by atoms with Gasteiger partial charge in [-0.05, 0) is 12.8 Å². The Balaban J connectivity index is 0.000000845. The second-order valence-corrected chi connectivity index (χ2v) is 4.26. The van der Waals surface area contributed by atoms with Crippen molar-refractivity contribution in [2.75, 3.05) is 19.0 Å². The number of allylic oxidation sites excluding steroid dienone is 1. The number of hydrogen-bond acceptors (Lipinski definition) is 3. The van der Waals surface area contributed by atoms with Gasteiger partial charge >= 0.3 is 0 Å². The third-order valence-electron chi connectivity index (χ3n) is 1.95. The molecule has 0 saturated heterocycles. The first-order valence-corrected chi connectivity index (χ1v) is 5.51. The van der Waals surface area contributed by atoms with E-state index < -0.39 is 0 Å². The number of nitrogens with zero attached hydrogens (tertiary/aromatic N) is 2. The Bertz CT molecular complexity index is 240. The van der Waals surface area contributed by atoms with Gasteiger partial charge in [0.05, 0.1) is 5.88 Å². The monoisotopic (exact) mass is 238 g/mol. The van der Waals surface area contributed by atoms with E-state index in [0.29, 0.717) is 5.88 Å². The predicted octanol–water partition coefficient (Wildman–Crippen LogP) is 2.69. The van der Waals surface area contributed by atoms with E-state index in [1.54, 1.807) is 11.8 Å². The van der Waals surface area contributed by atoms with Crippen molar-refractivity contribution in [3.8, 4) is 0 Å². The molecule has 13 heavy (non-hydrogen) atoms. The van der Waals surface area contributed by atoms with E-state index >= 15 is 0 Å². The molecule has 74 valence electrons. The molecule has 2 aliphatic heterocycles. The van der Waals surface area contributed by atoms with Crippen LogP contribution in [0.5, 0.6) is 0 Å². The van der Waals surface area contributed by atoms with Gasteiger partial charge in [0.15, 0.2) is 5.17 Å². The van der Waals surface area contributed by atoms with Gasteiger partial charge in [0, 0.05) is 24.2 Å². The van der Waals surface area contributed by atoms with Gasteiger partial charge in [-0.25, -0.2) is 0 Å². The zero-order valence-corrected chi connectivity index (χ0v) is 9.59. The molecule has 0 bridgehead atoms. The van der Waals surface area contributed by atoms with Gasteiger partial charge in [-0.3, -0.25) is 4.99 Å². The van der Waals surface area contributed by atoms with Crippen molar-refractivity contribution >= 4 is 40.9 Å². The van der Waals surface area contributed by atoms with Crippen LogP contribution in [0.3, 0.4) is 0 Å². The number of alkyl halides is 1. The van der Waals surface area contributed by atoms with Gasteiger partial charge in [-0.1, -0.05) is 11.8 Å². The summed E-state index contributed by atoms with van der Waals surface area (Å²) >= 11 is 7.46. The summed E-state index contributed by atoms with van der Waals surface area (Å²) in [6, 6.07) is 0. The molecule has 2 heterocycles. The van der Waals surface area contributed by atoms with Crippen LogP contribution in [0.25, 0.3) is 0 Å². The second-order valence-electron chi connectivity index (χ2n) is 2.90. The largest absolute Gasteiger partial charge is 0.327 e. The molecule has 5 heteroatoms. The summed E-state index contributed by atoms with van der Waals surface area (Å²) in [4.78, 5) is 7.92. The van der Waals surface area contributed by atoms with Crippen molar-refractivity contribution < 1.29 is 0 Å². The summed E-state index contributed by atoms with van der Waals surface area (Å²) in [5.41, 5.74) is 0. The molecule has 0 N–H and O–H groups in total. The van der Waals surface area contributed by atoms with Gasteiger partial charge in [0.25, 0.3) is 0 Å². The Kier molecular flexibility index (Phi) is 4.42. The summed E-state index contributed by atoms with van der Waals surface area (Å²) in [6.07, 6.45) is 4.58. The number of hydrogen-bond donors (Lipinski definition) is 0. The predicted molar refractivity (Wildman–Crippen MR) is 61.9 cm³/mol. The Morgan fingerprint density at radius 3 is 3.15 bits per heavy atom. The third kappa shape index (κ3) is 2.55. The van der Waals surface area contributed by atoms with Crippen LogP contribution in [0.15, 0.2) is 16.1 Å². The molecule has 0 amide bonds. The molecule has 0 atom stereocenters. The number of amidine groups is 1. The van der Waals surface area contributed by atoms with Gasteiger partial charge in [-0.15, -0.1) is 24.0 Å². The standard InChI is InChI=1S/C8H11ClN2S.ClH/c9-5-7-6-11-4-2-1-3-10-8(11)12-7;/h6H,1-5H2;1H. The van der Waals surface area contributed by atoms with Crippen molar-refractivity contribution in [3.05, 3.63) is 11.1 Å². The minimum absolute atomic E-state index is 0. The SMILES string of the molecule is Cl.ClCC1=CN2CCCCN=C2S1. The lowest BCUT2D eigenvalue weighted by Gasteiger charge is -2.11. The van der Waals surface area contributed by atoms with Crippen molar-refractivity contribution in [1.82, 2.24) is 4.90 Å². The van der Waals surface area contributed by atoms with E-state index in [2.05, 4.69) is 16.1 Å². The molecule has 0 aromatic rings. The molecule has 0 spiro atoms. The first-order valence-electron chi connectivity index (χ1n) is 4.16. The van der Waals surface area contributed by atoms with Crippen LogP contribution in [-0.2, 0) is 0 Å². The average Bonchev–Trinajstić information content (AvgIpc) is 2.37. The molecule has 0 aromatic heterocycles. The molecule has 2 aliphatic rings. The van der Waals surface area contributed by atoms with Gasteiger partial charge in [-0.2, -0.15) is 0 Å². The van der Waals surface area contributed by atoms with E-state index in [-0.39, 0.29) is 12.4 Å². The maximum atomic E-state index is 5.74. The van der Waals surface area contributed by atoms with Crippen LogP contribution < -0.4 is 0 Å². The molecule has 0 unspecified atom stereocenters. The Morgan fingerprint density at radius 2 is 2.38 bits per heavy atom. The minimum Gasteiger partial charge on any atom is -0.327 e.